The number of aliphatic hydroxyl groups is 1. The lowest BCUT2D eigenvalue weighted by Crippen LogP contribution is -2.11. The van der Waals surface area contributed by atoms with Gasteiger partial charge in [0, 0.05) is 18.7 Å². The number of hydrogen-bond acceptors (Lipinski definition) is 6. The molecule has 0 saturated carbocycles. The molecule has 35 heavy (non-hydrogen) atoms. The minimum atomic E-state index is -0.760. The lowest BCUT2D eigenvalue weighted by Gasteiger charge is -2.21. The maximum atomic E-state index is 13.2. The number of H-pyrrole nitrogens is 1. The number of rotatable bonds is 1. The van der Waals surface area contributed by atoms with Crippen molar-refractivity contribution >= 4 is 22.2 Å². The van der Waals surface area contributed by atoms with Crippen LogP contribution in [0.3, 0.4) is 0 Å². The highest BCUT2D eigenvalue weighted by Gasteiger charge is 2.22. The van der Waals surface area contributed by atoms with E-state index in [-0.39, 0.29) is 11.3 Å². The molecule has 0 aliphatic heterocycles. The van der Waals surface area contributed by atoms with E-state index in [0.29, 0.717) is 41.1 Å². The molecular weight excluding hydrogens is 456 g/mol. The van der Waals surface area contributed by atoms with E-state index in [2.05, 4.69) is 26.0 Å². The lowest BCUT2D eigenvalue weighted by atomic mass is 9.89. The maximum Gasteiger partial charge on any atom is 0.327 e. The summed E-state index contributed by atoms with van der Waals surface area (Å²) < 4.78 is 29.1. The second-order valence-electron chi connectivity index (χ2n) is 8.19. The van der Waals surface area contributed by atoms with Crippen LogP contribution in [0.15, 0.2) is 47.7 Å². The van der Waals surface area contributed by atoms with Crippen molar-refractivity contribution in [2.24, 2.45) is 7.05 Å². The predicted molar refractivity (Wildman–Crippen MR) is 123 cm³/mol. The van der Waals surface area contributed by atoms with Crippen LogP contribution in [-0.4, -0.2) is 34.2 Å². The van der Waals surface area contributed by atoms with Gasteiger partial charge in [0.25, 0.3) is 0 Å². The summed E-state index contributed by atoms with van der Waals surface area (Å²) in [5.74, 6) is -0.806. The molecule has 176 valence electrons. The molecule has 0 radical (unpaired) electrons. The van der Waals surface area contributed by atoms with Gasteiger partial charge in [-0.15, -0.1) is 0 Å². The summed E-state index contributed by atoms with van der Waals surface area (Å²) in [4.78, 5) is 27.2. The molecule has 2 aromatic carbocycles. The number of nitrogens with zero attached hydrogens (tertiary/aromatic N) is 6. The minimum Gasteiger partial charge on any atom is -0.388 e. The number of aromatic amines is 1. The average molecular weight is 475 g/mol. The van der Waals surface area contributed by atoms with Gasteiger partial charge in [-0.25, -0.2) is 23.5 Å². The fourth-order valence-electron chi connectivity index (χ4n) is 4.20. The normalized spacial score (nSPS) is 14.9. The van der Waals surface area contributed by atoms with E-state index >= 15 is 0 Å². The molecule has 5 aromatic rings. The van der Waals surface area contributed by atoms with Crippen molar-refractivity contribution in [3.05, 3.63) is 81.7 Å². The first-order valence-electron chi connectivity index (χ1n) is 10.8. The molecule has 2 N–H and O–H groups in total. The molecule has 0 spiro atoms. The fraction of sp³-hybridized carbons (Fsp3) is 0.208. The molecule has 0 saturated heterocycles. The topological polar surface area (TPSA) is 125 Å². The molecule has 3 heterocycles. The lowest BCUT2D eigenvalue weighted by molar-refractivity contribution is 0.151. The standard InChI is InChI=1S/C14H9N7O.C10H10F2O/c1-20-11-6-16-13(18-12(11)19-14(20)22)21-7-17-9-3-2-8(5-15)4-10(9)21;11-7-4-6-2-1-3-9(13)10(6)8(12)5-7/h2-4,6-7H,1H3,(H,16,18,19,22);4-5,9,13H,1-3H2/t;9-/m.1/s1. The van der Waals surface area contributed by atoms with Gasteiger partial charge >= 0.3 is 5.69 Å². The van der Waals surface area contributed by atoms with Crippen LogP contribution in [0.5, 0.6) is 0 Å². The molecular formula is C24H19F2N7O2. The summed E-state index contributed by atoms with van der Waals surface area (Å²) in [6, 6.07) is 9.43. The van der Waals surface area contributed by atoms with Crippen LogP contribution in [0, 0.1) is 23.0 Å². The van der Waals surface area contributed by atoms with Gasteiger partial charge in [-0.1, -0.05) is 0 Å². The molecule has 9 nitrogen and oxygen atoms in total. The first kappa shape index (κ1) is 22.4. The van der Waals surface area contributed by atoms with Crippen LogP contribution in [-0.2, 0) is 13.5 Å². The Morgan fingerprint density at radius 3 is 2.83 bits per heavy atom. The number of aromatic nitrogens is 6. The summed E-state index contributed by atoms with van der Waals surface area (Å²) in [5, 5.41) is 18.5. The predicted octanol–water partition coefficient (Wildman–Crippen LogP) is 3.20. The number of halogens is 2. The van der Waals surface area contributed by atoms with Gasteiger partial charge in [-0.2, -0.15) is 10.2 Å². The summed E-state index contributed by atoms with van der Waals surface area (Å²) >= 11 is 0. The van der Waals surface area contributed by atoms with Crippen LogP contribution >= 0.6 is 0 Å². The van der Waals surface area contributed by atoms with Crippen molar-refractivity contribution in [3.8, 4) is 12.0 Å². The second-order valence-corrected chi connectivity index (χ2v) is 8.19. The van der Waals surface area contributed by atoms with Crippen molar-refractivity contribution in [1.82, 2.24) is 29.1 Å². The van der Waals surface area contributed by atoms with Crippen molar-refractivity contribution in [3.63, 3.8) is 0 Å². The van der Waals surface area contributed by atoms with Crippen molar-refractivity contribution < 1.29 is 13.9 Å². The second kappa shape index (κ2) is 8.73. The molecule has 0 unspecified atom stereocenters. The number of hydrogen-bond donors (Lipinski definition) is 2. The van der Waals surface area contributed by atoms with E-state index in [9.17, 15) is 18.7 Å². The maximum absolute atomic E-state index is 13.2. The number of imidazole rings is 2. The number of fused-ring (bicyclic) bond motifs is 3. The summed E-state index contributed by atoms with van der Waals surface area (Å²) in [6.07, 6.45) is 4.42. The number of aliphatic hydroxyl groups excluding tert-OH is 1. The summed E-state index contributed by atoms with van der Waals surface area (Å²) in [6.45, 7) is 0. The van der Waals surface area contributed by atoms with Crippen LogP contribution < -0.4 is 5.69 Å². The molecule has 3 aromatic heterocycles. The van der Waals surface area contributed by atoms with E-state index in [1.807, 2.05) is 0 Å². The van der Waals surface area contributed by atoms with Crippen LogP contribution in [0.4, 0.5) is 8.78 Å². The van der Waals surface area contributed by atoms with Crippen LogP contribution in [0.1, 0.15) is 35.6 Å². The minimum absolute atomic E-state index is 0.247. The van der Waals surface area contributed by atoms with E-state index in [1.165, 1.54) is 10.6 Å². The van der Waals surface area contributed by atoms with Gasteiger partial charge in [0.05, 0.1) is 35.0 Å². The molecule has 0 fully saturated rings. The molecule has 1 atom stereocenters. The van der Waals surface area contributed by atoms with Crippen LogP contribution in [0.2, 0.25) is 0 Å². The zero-order valence-electron chi connectivity index (χ0n) is 18.5. The zero-order chi connectivity index (χ0) is 24.7. The first-order valence-corrected chi connectivity index (χ1v) is 10.8. The molecule has 6 rings (SSSR count). The number of aryl methyl sites for hydroxylation is 2. The average Bonchev–Trinajstić information content (AvgIpc) is 3.38. The molecule has 1 aliphatic carbocycles. The molecule has 1 aliphatic rings. The number of benzene rings is 2. The van der Waals surface area contributed by atoms with E-state index in [0.717, 1.165) is 23.5 Å². The van der Waals surface area contributed by atoms with Gasteiger partial charge in [-0.3, -0.25) is 14.1 Å². The van der Waals surface area contributed by atoms with E-state index in [1.54, 1.807) is 42.3 Å². The summed E-state index contributed by atoms with van der Waals surface area (Å²) in [7, 11) is 1.65. The van der Waals surface area contributed by atoms with Gasteiger partial charge in [0.1, 0.15) is 23.5 Å². The SMILES string of the molecule is Cn1c(=O)[nH]c2nc(-n3cnc4ccc(C#N)cc43)ncc21.O[C@@H]1CCCc2cc(F)cc(F)c21. The van der Waals surface area contributed by atoms with Gasteiger partial charge in [0.15, 0.2) is 5.65 Å². The van der Waals surface area contributed by atoms with Gasteiger partial charge in [0.2, 0.25) is 5.95 Å². The largest absolute Gasteiger partial charge is 0.388 e. The zero-order valence-corrected chi connectivity index (χ0v) is 18.5. The highest BCUT2D eigenvalue weighted by molar-refractivity contribution is 5.79. The van der Waals surface area contributed by atoms with E-state index < -0.39 is 17.7 Å². The molecule has 0 bridgehead atoms. The van der Waals surface area contributed by atoms with Crippen molar-refractivity contribution in [1.29, 1.82) is 5.26 Å². The Morgan fingerprint density at radius 2 is 2.03 bits per heavy atom. The Bertz CT molecular complexity index is 1680. The quantitative estimate of drug-likeness (QED) is 0.384. The Kier molecular flexibility index (Phi) is 5.58. The Hall–Kier alpha value is -4.43. The fourth-order valence-corrected chi connectivity index (χ4v) is 4.20. The highest BCUT2D eigenvalue weighted by atomic mass is 19.1. The molecule has 0 amide bonds. The van der Waals surface area contributed by atoms with E-state index in [4.69, 9.17) is 5.26 Å². The Balaban J connectivity index is 0.000000166. The number of nitrogens with one attached hydrogen (secondary N) is 1. The van der Waals surface area contributed by atoms with Crippen LogP contribution in [0.25, 0.3) is 28.1 Å². The Morgan fingerprint density at radius 1 is 1.20 bits per heavy atom. The third-order valence-corrected chi connectivity index (χ3v) is 5.98. The Labute approximate surface area is 196 Å². The summed E-state index contributed by atoms with van der Waals surface area (Å²) in [5.41, 5.74) is 3.73. The third-order valence-electron chi connectivity index (χ3n) is 5.98. The third kappa shape index (κ3) is 4.04. The highest BCUT2D eigenvalue weighted by Crippen LogP contribution is 2.32. The monoisotopic (exact) mass is 475 g/mol. The molecule has 11 heteroatoms. The van der Waals surface area contributed by atoms with Gasteiger partial charge in [-0.05, 0) is 49.1 Å². The van der Waals surface area contributed by atoms with Crippen molar-refractivity contribution in [2.75, 3.05) is 0 Å². The van der Waals surface area contributed by atoms with Gasteiger partial charge < -0.3 is 5.11 Å². The first-order chi connectivity index (χ1) is 16.9. The smallest absolute Gasteiger partial charge is 0.327 e. The van der Waals surface area contributed by atoms with Crippen molar-refractivity contribution in [2.45, 2.75) is 25.4 Å². The number of nitriles is 1.